The van der Waals surface area contributed by atoms with Gasteiger partial charge in [0, 0.05) is 69.0 Å². The maximum Gasteiger partial charge on any atom is 0.419 e. The molecule has 2 saturated carbocycles. The summed E-state index contributed by atoms with van der Waals surface area (Å²) in [5, 5.41) is 8.60. The minimum atomic E-state index is -5.00. The molecule has 1 aromatic carbocycles. The Kier molecular flexibility index (Phi) is 29.1. The van der Waals surface area contributed by atoms with Crippen molar-refractivity contribution >= 4 is 70.9 Å². The van der Waals surface area contributed by atoms with Crippen LogP contribution in [0.5, 0.6) is 0 Å². The summed E-state index contributed by atoms with van der Waals surface area (Å²) in [6.07, 6.45) is 2.80. The van der Waals surface area contributed by atoms with Crippen molar-refractivity contribution in [2.75, 3.05) is 88.6 Å². The first-order valence-corrected chi connectivity index (χ1v) is 35.7. The van der Waals surface area contributed by atoms with E-state index in [0.29, 0.717) is 63.7 Å². The Balaban J connectivity index is 1.43. The zero-order chi connectivity index (χ0) is 73.5. The second kappa shape index (κ2) is 35.8. The van der Waals surface area contributed by atoms with Crippen molar-refractivity contribution in [3.05, 3.63) is 35.1 Å². The number of likely N-dealkylation sites (N-methyl/N-ethyl adjacent to an activating group) is 7. The molecule has 3 N–H and O–H groups in total. The molecular weight excluding hydrogens is 1290 g/mol. The lowest BCUT2D eigenvalue weighted by Crippen LogP contribution is -2.64. The van der Waals surface area contributed by atoms with Crippen molar-refractivity contribution in [1.82, 2.24) is 60.0 Å². The predicted octanol–water partition coefficient (Wildman–Crippen LogP) is 5.37. The van der Waals surface area contributed by atoms with Gasteiger partial charge in [-0.15, -0.1) is 0 Å². The number of nitrogens with one attached hydrogen (secondary N) is 3. The van der Waals surface area contributed by atoms with E-state index in [9.17, 15) is 51.5 Å². The molecule has 99 heavy (non-hydrogen) atoms. The highest BCUT2D eigenvalue weighted by molar-refractivity contribution is 6.00. The van der Waals surface area contributed by atoms with E-state index in [1.54, 1.807) is 11.8 Å². The van der Waals surface area contributed by atoms with Crippen LogP contribution in [0.4, 0.5) is 17.6 Å². The van der Waals surface area contributed by atoms with Crippen LogP contribution in [0.3, 0.4) is 0 Å². The van der Waals surface area contributed by atoms with Gasteiger partial charge in [-0.05, 0) is 118 Å². The molecule has 12 amide bonds. The van der Waals surface area contributed by atoms with Crippen molar-refractivity contribution in [3.63, 3.8) is 0 Å². The second-order valence-electron chi connectivity index (χ2n) is 29.5. The Labute approximate surface area is 581 Å². The van der Waals surface area contributed by atoms with Gasteiger partial charge in [0.2, 0.25) is 70.9 Å². The van der Waals surface area contributed by atoms with Crippen LogP contribution in [-0.4, -0.2) is 251 Å². The molecule has 24 nitrogen and oxygen atoms in total. The molecule has 3 saturated heterocycles. The highest BCUT2D eigenvalue weighted by Crippen LogP contribution is 2.36. The molecule has 2 aliphatic carbocycles. The fourth-order valence-corrected chi connectivity index (χ4v) is 14.6. The molecule has 5 fully saturated rings. The number of alkyl halides is 3. The van der Waals surface area contributed by atoms with Gasteiger partial charge in [-0.1, -0.05) is 99.0 Å². The number of amides is 12. The van der Waals surface area contributed by atoms with Crippen LogP contribution in [0.1, 0.15) is 181 Å². The smallest absolute Gasteiger partial charge is 0.343 e. The lowest BCUT2D eigenvalue weighted by atomic mass is 9.84. The predicted molar refractivity (Wildman–Crippen MR) is 361 cm³/mol. The largest absolute Gasteiger partial charge is 0.419 e. The van der Waals surface area contributed by atoms with E-state index in [2.05, 4.69) is 16.0 Å². The van der Waals surface area contributed by atoms with Gasteiger partial charge >= 0.3 is 6.18 Å². The number of carbonyl (C=O) groups is 12. The van der Waals surface area contributed by atoms with Gasteiger partial charge < -0.3 is 60.0 Å². The lowest BCUT2D eigenvalue weighted by Gasteiger charge is -2.41. The summed E-state index contributed by atoms with van der Waals surface area (Å²) in [6, 6.07) is -6.64. The third kappa shape index (κ3) is 20.9. The maximum absolute atomic E-state index is 15.5. The van der Waals surface area contributed by atoms with Gasteiger partial charge in [0.25, 0.3) is 0 Å². The monoisotopic (exact) mass is 1400 g/mol. The molecule has 0 radical (unpaired) electrons. The van der Waals surface area contributed by atoms with Crippen molar-refractivity contribution in [3.8, 4) is 0 Å². The van der Waals surface area contributed by atoms with Crippen LogP contribution in [0.25, 0.3) is 0 Å². The van der Waals surface area contributed by atoms with Gasteiger partial charge in [0.05, 0.1) is 31.6 Å². The van der Waals surface area contributed by atoms with Crippen molar-refractivity contribution in [1.29, 1.82) is 0 Å². The van der Waals surface area contributed by atoms with E-state index in [1.807, 2.05) is 34.6 Å². The van der Waals surface area contributed by atoms with Crippen LogP contribution >= 0.6 is 0 Å². The average molecular weight is 1400 g/mol. The summed E-state index contributed by atoms with van der Waals surface area (Å²) in [5.74, 6) is -10.6. The summed E-state index contributed by atoms with van der Waals surface area (Å²) in [5.41, 5.74) is -3.05. The molecule has 1 spiro atoms. The zero-order valence-electron chi connectivity index (χ0n) is 60.6. The number of benzene rings is 1. The van der Waals surface area contributed by atoms with Crippen LogP contribution in [-0.2, 0) is 70.1 Å². The van der Waals surface area contributed by atoms with Gasteiger partial charge in [0.15, 0.2) is 0 Å². The number of rotatable bonds is 12. The zero-order valence-corrected chi connectivity index (χ0v) is 60.6. The Morgan fingerprint density at radius 2 is 1.18 bits per heavy atom. The molecular formula is C71H110F4N12O12. The van der Waals surface area contributed by atoms with Gasteiger partial charge in [-0.3, -0.25) is 57.5 Å². The van der Waals surface area contributed by atoms with E-state index < -0.39 is 168 Å². The maximum atomic E-state index is 15.5. The number of likely N-dealkylation sites (tertiary alicyclic amines) is 1. The minimum Gasteiger partial charge on any atom is -0.343 e. The highest BCUT2D eigenvalue weighted by atomic mass is 19.4. The molecule has 3 aliphatic heterocycles. The summed E-state index contributed by atoms with van der Waals surface area (Å²) < 4.78 is 56.1. The molecule has 0 bridgehead atoms. The normalized spacial score (nSPS) is 26.0. The van der Waals surface area contributed by atoms with Gasteiger partial charge in [0.1, 0.15) is 53.6 Å². The molecule has 28 heteroatoms. The third-order valence-electron chi connectivity index (χ3n) is 21.0. The first kappa shape index (κ1) is 80.6. The molecule has 3 heterocycles. The van der Waals surface area contributed by atoms with Crippen LogP contribution in [0.15, 0.2) is 18.2 Å². The number of carbonyl (C=O) groups excluding carboxylic acids is 12. The Hall–Kier alpha value is -7.42. The van der Waals surface area contributed by atoms with Crippen LogP contribution in [0.2, 0.25) is 0 Å². The van der Waals surface area contributed by atoms with E-state index in [0.717, 1.165) is 59.3 Å². The average Bonchev–Trinajstić information content (AvgIpc) is 1.61. The highest BCUT2D eigenvalue weighted by Gasteiger charge is 2.50. The van der Waals surface area contributed by atoms with Crippen molar-refractivity contribution in [2.45, 2.75) is 230 Å². The Morgan fingerprint density at radius 3 is 1.78 bits per heavy atom. The number of piperidine rings is 1. The van der Waals surface area contributed by atoms with Crippen molar-refractivity contribution in [2.24, 2.45) is 23.7 Å². The van der Waals surface area contributed by atoms with E-state index in [-0.39, 0.29) is 81.2 Å². The summed E-state index contributed by atoms with van der Waals surface area (Å²) in [6.45, 7) is 9.96. The number of aryl methyl sites for hydroxylation is 1. The second-order valence-corrected chi connectivity index (χ2v) is 29.5. The molecule has 554 valence electrons. The minimum absolute atomic E-state index is 0.00102. The summed E-state index contributed by atoms with van der Waals surface area (Å²) in [4.78, 5) is 189. The molecule has 1 unspecified atom stereocenters. The van der Waals surface area contributed by atoms with Gasteiger partial charge in [-0.25, -0.2) is 4.39 Å². The third-order valence-corrected chi connectivity index (χ3v) is 21.0. The standard InChI is InChI=1S/C71H110F4N12O12/c1-14-46(6)61-68(98)81(9)42-59(90)79(7)43-60(91)83(11)55(39-47-24-17-15-18-25-47)65(95)80(8)41-57(88)76-51(30-28-48-27-29-49(50(72)38-48)71(73,74)75)64(94)87-35-23-26-52(87)63(93)78-70(31-19-20-32-70)69(99)85(13)54(37-45(4)5)66(96)84(12)56(67(97)86-33-21-16-22-34-86)40-58(89)82(10)53(36-44(2)3)62(92)77-61/h27,29,38,44-47,51-56,61H,14-26,28,30-37,39-43H2,1-13H3,(H,76,88)(H,77,92)(H,78,93)/t46-,51-,52?,53-,54-,55-,56-,61-/m0/s1. The van der Waals surface area contributed by atoms with E-state index >= 15 is 23.6 Å². The van der Waals surface area contributed by atoms with Crippen LogP contribution in [0, 0.1) is 29.5 Å². The number of fused-ring (bicyclic) bond motifs is 1. The quantitative estimate of drug-likeness (QED) is 0.223. The number of nitrogens with zero attached hydrogens (tertiary/aromatic N) is 9. The molecule has 1 aromatic rings. The van der Waals surface area contributed by atoms with Crippen molar-refractivity contribution < 1.29 is 75.1 Å². The Bertz CT molecular complexity index is 3060. The topological polar surface area (TPSA) is 270 Å². The summed E-state index contributed by atoms with van der Waals surface area (Å²) in [7, 11) is 9.79. The first-order chi connectivity index (χ1) is 46.5. The van der Waals surface area contributed by atoms with E-state index in [1.165, 1.54) is 73.8 Å². The fraction of sp³-hybridized carbons (Fsp3) is 0.746. The molecule has 6 rings (SSSR count). The molecule has 5 aliphatic rings. The van der Waals surface area contributed by atoms with Crippen LogP contribution < -0.4 is 16.0 Å². The van der Waals surface area contributed by atoms with Gasteiger partial charge in [-0.2, -0.15) is 13.2 Å². The SMILES string of the molecule is CC[C@H](C)[C@@H]1NC(=O)[C@H](CC(C)C)N(C)C(=O)C[C@@H](C(=O)N2CCCCC2)N(C)C(=O)[C@H](CC(C)C)N(C)C(=O)C2(CCCC2)NC(=O)C2CCCN2C(=O)[C@H](CCc2ccc(C(F)(F)F)c(F)c2)NC(=O)CN(C)C(=O)[C@H](CC2CCCCC2)N(C)C(=O)CN(C)C(=O)CN(C)C1=O. The lowest BCUT2D eigenvalue weighted by molar-refractivity contribution is -0.155. The summed E-state index contributed by atoms with van der Waals surface area (Å²) >= 11 is 0. The number of halogens is 4. The fourth-order valence-electron chi connectivity index (χ4n) is 14.6. The Morgan fingerprint density at radius 1 is 0.596 bits per heavy atom. The molecule has 0 aromatic heterocycles. The van der Waals surface area contributed by atoms with E-state index in [4.69, 9.17) is 0 Å². The molecule has 8 atom stereocenters. The number of hydrogen-bond donors (Lipinski definition) is 3. The first-order valence-electron chi connectivity index (χ1n) is 35.7. The number of hydrogen-bond acceptors (Lipinski definition) is 12.